The number of carbonyl (C=O) groups is 2. The quantitative estimate of drug-likeness (QED) is 0.549. The number of hydrogen-bond donors (Lipinski definition) is 1. The second-order valence-corrected chi connectivity index (χ2v) is 7.81. The van der Waals surface area contributed by atoms with Crippen LogP contribution < -0.4 is 9.46 Å². The van der Waals surface area contributed by atoms with Gasteiger partial charge in [0.2, 0.25) is 10.0 Å². The van der Waals surface area contributed by atoms with Crippen LogP contribution in [0.5, 0.6) is 5.75 Å². The molecule has 0 bridgehead atoms. The van der Waals surface area contributed by atoms with E-state index in [9.17, 15) is 18.0 Å². The predicted octanol–water partition coefficient (Wildman–Crippen LogP) is 2.18. The molecule has 1 aliphatic carbocycles. The Balaban J connectivity index is 1.75. The molecule has 0 spiro atoms. The molecule has 0 saturated heterocycles. The van der Waals surface area contributed by atoms with Gasteiger partial charge in [-0.3, -0.25) is 4.79 Å². The lowest BCUT2D eigenvalue weighted by atomic mass is 10.1. The van der Waals surface area contributed by atoms with Crippen LogP contribution in [0.15, 0.2) is 53.4 Å². The van der Waals surface area contributed by atoms with Crippen molar-refractivity contribution < 1.29 is 27.5 Å². The summed E-state index contributed by atoms with van der Waals surface area (Å²) in [6.07, 6.45) is 1.57. The standard InChI is InChI=1S/C19H19NO6S/c1-25-17-10-7-14(11-18(17)27(23,24)20-15-8-9-15)19(22)26-12-16(21)13-5-3-2-4-6-13/h2-7,10-11,15,20H,8-9,12H2,1H3. The number of benzene rings is 2. The first-order chi connectivity index (χ1) is 12.9. The molecular weight excluding hydrogens is 370 g/mol. The Bertz CT molecular complexity index is 951. The second kappa shape index (κ2) is 7.89. The van der Waals surface area contributed by atoms with Gasteiger partial charge in [0.15, 0.2) is 12.4 Å². The monoisotopic (exact) mass is 389 g/mol. The summed E-state index contributed by atoms with van der Waals surface area (Å²) in [7, 11) is -2.47. The zero-order valence-electron chi connectivity index (χ0n) is 14.7. The van der Waals surface area contributed by atoms with Crippen LogP contribution in [0.2, 0.25) is 0 Å². The lowest BCUT2D eigenvalue weighted by Gasteiger charge is -2.12. The molecule has 142 valence electrons. The highest BCUT2D eigenvalue weighted by Gasteiger charge is 2.30. The van der Waals surface area contributed by atoms with Gasteiger partial charge in [0.05, 0.1) is 12.7 Å². The summed E-state index contributed by atoms with van der Waals surface area (Å²) in [6, 6.07) is 12.3. The van der Waals surface area contributed by atoms with Crippen LogP contribution in [0.4, 0.5) is 0 Å². The van der Waals surface area contributed by atoms with Crippen LogP contribution in [-0.4, -0.2) is 39.9 Å². The van der Waals surface area contributed by atoms with Crippen molar-refractivity contribution in [1.82, 2.24) is 4.72 Å². The third-order valence-corrected chi connectivity index (χ3v) is 5.56. The molecule has 0 heterocycles. The van der Waals surface area contributed by atoms with E-state index in [-0.39, 0.29) is 28.0 Å². The Morgan fingerprint density at radius 1 is 1.07 bits per heavy atom. The van der Waals surface area contributed by atoms with Gasteiger partial charge in [-0.05, 0) is 31.0 Å². The molecule has 3 rings (SSSR count). The zero-order valence-corrected chi connectivity index (χ0v) is 15.5. The van der Waals surface area contributed by atoms with Crippen molar-refractivity contribution in [3.8, 4) is 5.75 Å². The third kappa shape index (κ3) is 4.72. The number of Topliss-reactive ketones (excluding diaryl/α,β-unsaturated/α-hetero) is 1. The molecule has 0 amide bonds. The number of esters is 1. The van der Waals surface area contributed by atoms with Gasteiger partial charge in [-0.1, -0.05) is 30.3 Å². The van der Waals surface area contributed by atoms with E-state index in [4.69, 9.17) is 9.47 Å². The van der Waals surface area contributed by atoms with Crippen LogP contribution in [0, 0.1) is 0 Å². The van der Waals surface area contributed by atoms with Crippen LogP contribution >= 0.6 is 0 Å². The van der Waals surface area contributed by atoms with Crippen molar-refractivity contribution in [3.63, 3.8) is 0 Å². The van der Waals surface area contributed by atoms with Crippen molar-refractivity contribution >= 4 is 21.8 Å². The maximum atomic E-state index is 12.5. The summed E-state index contributed by atoms with van der Waals surface area (Å²) in [5, 5.41) is 0. The number of hydrogen-bond acceptors (Lipinski definition) is 6. The normalized spacial score (nSPS) is 13.8. The van der Waals surface area contributed by atoms with E-state index in [1.807, 2.05) is 0 Å². The summed E-state index contributed by atoms with van der Waals surface area (Å²) in [5.41, 5.74) is 0.449. The first-order valence-corrected chi connectivity index (χ1v) is 9.85. The van der Waals surface area contributed by atoms with Gasteiger partial charge >= 0.3 is 5.97 Å². The van der Waals surface area contributed by atoms with Crippen molar-refractivity contribution in [3.05, 3.63) is 59.7 Å². The third-order valence-electron chi connectivity index (χ3n) is 4.02. The van der Waals surface area contributed by atoms with Gasteiger partial charge in [-0.25, -0.2) is 17.9 Å². The van der Waals surface area contributed by atoms with E-state index in [0.29, 0.717) is 5.56 Å². The molecule has 27 heavy (non-hydrogen) atoms. The molecule has 7 nitrogen and oxygen atoms in total. The molecule has 2 aromatic rings. The van der Waals surface area contributed by atoms with E-state index < -0.39 is 22.6 Å². The lowest BCUT2D eigenvalue weighted by molar-refractivity contribution is 0.0474. The number of sulfonamides is 1. The van der Waals surface area contributed by atoms with Gasteiger partial charge in [-0.2, -0.15) is 0 Å². The first-order valence-electron chi connectivity index (χ1n) is 8.36. The van der Waals surface area contributed by atoms with Crippen molar-refractivity contribution in [2.45, 2.75) is 23.8 Å². The SMILES string of the molecule is COc1ccc(C(=O)OCC(=O)c2ccccc2)cc1S(=O)(=O)NC1CC1. The van der Waals surface area contributed by atoms with Crippen molar-refractivity contribution in [2.75, 3.05) is 13.7 Å². The molecular formula is C19H19NO6S. The number of nitrogens with one attached hydrogen (secondary N) is 1. The van der Waals surface area contributed by atoms with E-state index in [1.54, 1.807) is 30.3 Å². The van der Waals surface area contributed by atoms with Crippen molar-refractivity contribution in [2.24, 2.45) is 0 Å². The topological polar surface area (TPSA) is 98.8 Å². The number of ketones is 1. The van der Waals surface area contributed by atoms with E-state index in [2.05, 4.69) is 4.72 Å². The van der Waals surface area contributed by atoms with Gasteiger partial charge in [0, 0.05) is 11.6 Å². The molecule has 1 fully saturated rings. The summed E-state index contributed by atoms with van der Waals surface area (Å²) in [6.45, 7) is -0.433. The minimum atomic E-state index is -3.82. The maximum Gasteiger partial charge on any atom is 0.338 e. The fourth-order valence-electron chi connectivity index (χ4n) is 2.42. The summed E-state index contributed by atoms with van der Waals surface area (Å²) in [4.78, 5) is 24.2. The Hall–Kier alpha value is -2.71. The number of methoxy groups -OCH3 is 1. The van der Waals surface area contributed by atoms with Gasteiger partial charge in [-0.15, -0.1) is 0 Å². The Morgan fingerprint density at radius 2 is 1.78 bits per heavy atom. The Morgan fingerprint density at radius 3 is 2.41 bits per heavy atom. The number of carbonyl (C=O) groups excluding carboxylic acids is 2. The molecule has 1 saturated carbocycles. The second-order valence-electron chi connectivity index (χ2n) is 6.13. The van der Waals surface area contributed by atoms with Crippen LogP contribution in [-0.2, 0) is 14.8 Å². The van der Waals surface area contributed by atoms with Gasteiger partial charge < -0.3 is 9.47 Å². The van der Waals surface area contributed by atoms with Gasteiger partial charge in [0.1, 0.15) is 10.6 Å². The summed E-state index contributed by atoms with van der Waals surface area (Å²) in [5.74, 6) is -1.01. The highest BCUT2D eigenvalue weighted by atomic mass is 32.2. The van der Waals surface area contributed by atoms with Crippen LogP contribution in [0.1, 0.15) is 33.6 Å². The summed E-state index contributed by atoms with van der Waals surface area (Å²) < 4.78 is 37.7. The molecule has 1 aliphatic rings. The molecule has 1 N–H and O–H groups in total. The number of rotatable bonds is 8. The predicted molar refractivity (Wildman–Crippen MR) is 97.4 cm³/mol. The first kappa shape index (κ1) is 19.1. The average molecular weight is 389 g/mol. The molecule has 0 aliphatic heterocycles. The van der Waals surface area contributed by atoms with Crippen LogP contribution in [0.3, 0.4) is 0 Å². The number of ether oxygens (including phenoxy) is 2. The van der Waals surface area contributed by atoms with Crippen molar-refractivity contribution in [1.29, 1.82) is 0 Å². The van der Waals surface area contributed by atoms with E-state index in [0.717, 1.165) is 12.8 Å². The molecule has 8 heteroatoms. The zero-order chi connectivity index (χ0) is 19.4. The highest BCUT2D eigenvalue weighted by Crippen LogP contribution is 2.28. The molecule has 0 unspecified atom stereocenters. The Labute approximate surface area is 157 Å². The van der Waals surface area contributed by atoms with E-state index >= 15 is 0 Å². The van der Waals surface area contributed by atoms with Crippen LogP contribution in [0.25, 0.3) is 0 Å². The maximum absolute atomic E-state index is 12.5. The smallest absolute Gasteiger partial charge is 0.338 e. The molecule has 0 radical (unpaired) electrons. The molecule has 2 aromatic carbocycles. The fraction of sp³-hybridized carbons (Fsp3) is 0.263. The average Bonchev–Trinajstić information content (AvgIpc) is 3.49. The van der Waals surface area contributed by atoms with E-state index in [1.165, 1.54) is 25.3 Å². The lowest BCUT2D eigenvalue weighted by Crippen LogP contribution is -2.26. The molecule has 0 atom stereocenters. The minimum Gasteiger partial charge on any atom is -0.495 e. The highest BCUT2D eigenvalue weighted by molar-refractivity contribution is 7.89. The minimum absolute atomic E-state index is 0.0211. The summed E-state index contributed by atoms with van der Waals surface area (Å²) >= 11 is 0. The fourth-order valence-corrected chi connectivity index (χ4v) is 3.92. The Kier molecular flexibility index (Phi) is 5.57. The molecule has 0 aromatic heterocycles. The largest absolute Gasteiger partial charge is 0.495 e. The van der Waals surface area contributed by atoms with Gasteiger partial charge in [0.25, 0.3) is 0 Å².